The van der Waals surface area contributed by atoms with E-state index in [0.29, 0.717) is 26.2 Å². The maximum Gasteiger partial charge on any atom is 0.253 e. The van der Waals surface area contributed by atoms with Crippen molar-refractivity contribution >= 4 is 11.8 Å². The van der Waals surface area contributed by atoms with Crippen molar-refractivity contribution in [3.8, 4) is 0 Å². The summed E-state index contributed by atoms with van der Waals surface area (Å²) in [4.78, 5) is 29.0. The zero-order valence-electron chi connectivity index (χ0n) is 15.0. The minimum absolute atomic E-state index is 0.0731. The van der Waals surface area contributed by atoms with Crippen molar-refractivity contribution in [1.82, 2.24) is 15.1 Å². The first-order chi connectivity index (χ1) is 12.1. The van der Waals surface area contributed by atoms with Crippen LogP contribution in [0, 0.1) is 0 Å². The molecule has 3 rings (SSSR count). The molecule has 2 amide bonds. The molecule has 0 spiro atoms. The van der Waals surface area contributed by atoms with Gasteiger partial charge in [-0.15, -0.1) is 0 Å². The van der Waals surface area contributed by atoms with E-state index in [2.05, 4.69) is 5.32 Å². The molecule has 0 saturated carbocycles. The molecule has 2 heterocycles. The molecular formula is C19H27N3O3. The van der Waals surface area contributed by atoms with Gasteiger partial charge in [-0.2, -0.15) is 0 Å². The molecule has 2 aliphatic heterocycles. The Morgan fingerprint density at radius 1 is 1.20 bits per heavy atom. The number of piperidine rings is 1. The Kier molecular flexibility index (Phi) is 5.71. The van der Waals surface area contributed by atoms with E-state index in [0.717, 1.165) is 18.4 Å². The molecule has 1 aromatic rings. The zero-order chi connectivity index (χ0) is 17.8. The smallest absolute Gasteiger partial charge is 0.253 e. The Labute approximate surface area is 149 Å². The lowest BCUT2D eigenvalue weighted by atomic mass is 10.0. The average Bonchev–Trinajstić information content (AvgIpc) is 2.67. The Balaban J connectivity index is 1.54. The number of amides is 2. The molecule has 0 aromatic heterocycles. The second-order valence-electron chi connectivity index (χ2n) is 6.85. The molecule has 2 fully saturated rings. The number of hydrogen-bond acceptors (Lipinski definition) is 4. The summed E-state index contributed by atoms with van der Waals surface area (Å²) in [5, 5.41) is 3.26. The fourth-order valence-corrected chi connectivity index (χ4v) is 3.63. The standard InChI is InChI=1S/C19H27N3O3/c1-14-17(20-10-13-25-14)19(24)21(2)16-8-11-22(12-9-16)18(23)15-6-4-3-5-7-15/h3-7,14,16-17,20H,8-13H2,1-2H3/t14-,17+/m1/s1. The topological polar surface area (TPSA) is 61.9 Å². The maximum absolute atomic E-state index is 12.7. The fourth-order valence-electron chi connectivity index (χ4n) is 3.63. The lowest BCUT2D eigenvalue weighted by Crippen LogP contribution is -2.58. The first kappa shape index (κ1) is 17.9. The summed E-state index contributed by atoms with van der Waals surface area (Å²) >= 11 is 0. The van der Waals surface area contributed by atoms with Crippen molar-refractivity contribution in [2.45, 2.75) is 38.0 Å². The number of ether oxygens (including phenoxy) is 1. The predicted octanol–water partition coefficient (Wildman–Crippen LogP) is 1.13. The molecule has 2 saturated heterocycles. The number of benzene rings is 1. The highest BCUT2D eigenvalue weighted by Gasteiger charge is 2.34. The number of rotatable bonds is 3. The van der Waals surface area contributed by atoms with Gasteiger partial charge in [-0.25, -0.2) is 0 Å². The number of carbonyl (C=O) groups is 2. The summed E-state index contributed by atoms with van der Waals surface area (Å²) in [6.07, 6.45) is 1.51. The number of hydrogen-bond donors (Lipinski definition) is 1. The number of nitrogens with one attached hydrogen (secondary N) is 1. The van der Waals surface area contributed by atoms with E-state index in [9.17, 15) is 9.59 Å². The van der Waals surface area contributed by atoms with Crippen LogP contribution in [-0.4, -0.2) is 73.1 Å². The number of carbonyl (C=O) groups excluding carboxylic acids is 2. The van der Waals surface area contributed by atoms with Crippen LogP contribution in [0.3, 0.4) is 0 Å². The van der Waals surface area contributed by atoms with Gasteiger partial charge >= 0.3 is 0 Å². The van der Waals surface area contributed by atoms with Crippen LogP contribution in [0.15, 0.2) is 30.3 Å². The second kappa shape index (κ2) is 7.97. The normalized spacial score (nSPS) is 24.8. The van der Waals surface area contributed by atoms with Crippen LogP contribution in [-0.2, 0) is 9.53 Å². The van der Waals surface area contributed by atoms with Gasteiger partial charge in [-0.05, 0) is 31.9 Å². The monoisotopic (exact) mass is 345 g/mol. The molecule has 2 atom stereocenters. The lowest BCUT2D eigenvalue weighted by Gasteiger charge is -2.39. The minimum atomic E-state index is -0.275. The number of morpholine rings is 1. The summed E-state index contributed by atoms with van der Waals surface area (Å²) in [5.74, 6) is 0.157. The predicted molar refractivity (Wildman–Crippen MR) is 95.3 cm³/mol. The van der Waals surface area contributed by atoms with Crippen LogP contribution < -0.4 is 5.32 Å². The maximum atomic E-state index is 12.7. The van der Waals surface area contributed by atoms with Crippen molar-refractivity contribution in [3.05, 3.63) is 35.9 Å². The Hall–Kier alpha value is -1.92. The van der Waals surface area contributed by atoms with Crippen LogP contribution >= 0.6 is 0 Å². The summed E-state index contributed by atoms with van der Waals surface area (Å²) < 4.78 is 5.58. The second-order valence-corrected chi connectivity index (χ2v) is 6.85. The van der Waals surface area contributed by atoms with Gasteiger partial charge in [0.25, 0.3) is 5.91 Å². The quantitative estimate of drug-likeness (QED) is 0.892. The highest BCUT2D eigenvalue weighted by molar-refractivity contribution is 5.94. The van der Waals surface area contributed by atoms with Gasteiger partial charge in [0.05, 0.1) is 12.7 Å². The minimum Gasteiger partial charge on any atom is -0.375 e. The summed E-state index contributed by atoms with van der Waals surface area (Å²) in [5.41, 5.74) is 0.725. The van der Waals surface area contributed by atoms with E-state index in [1.807, 2.05) is 54.1 Å². The van der Waals surface area contributed by atoms with E-state index in [-0.39, 0.29) is 30.0 Å². The van der Waals surface area contributed by atoms with Gasteiger partial charge in [0.1, 0.15) is 6.04 Å². The molecular weight excluding hydrogens is 318 g/mol. The van der Waals surface area contributed by atoms with E-state index in [1.165, 1.54) is 0 Å². The molecule has 0 radical (unpaired) electrons. The molecule has 136 valence electrons. The summed E-state index contributed by atoms with van der Waals surface area (Å²) in [7, 11) is 1.87. The summed E-state index contributed by atoms with van der Waals surface area (Å²) in [6.45, 7) is 4.65. The Morgan fingerprint density at radius 3 is 2.52 bits per heavy atom. The molecule has 0 unspecified atom stereocenters. The molecule has 6 nitrogen and oxygen atoms in total. The van der Waals surface area contributed by atoms with Crippen LogP contribution in [0.1, 0.15) is 30.1 Å². The van der Waals surface area contributed by atoms with E-state index >= 15 is 0 Å². The third-order valence-corrected chi connectivity index (χ3v) is 5.25. The lowest BCUT2D eigenvalue weighted by molar-refractivity contribution is -0.141. The largest absolute Gasteiger partial charge is 0.375 e. The highest BCUT2D eigenvalue weighted by Crippen LogP contribution is 2.19. The molecule has 0 bridgehead atoms. The zero-order valence-corrected chi connectivity index (χ0v) is 15.0. The van der Waals surface area contributed by atoms with Crippen molar-refractivity contribution in [2.24, 2.45) is 0 Å². The SMILES string of the molecule is C[C@H]1OCCN[C@@H]1C(=O)N(C)C1CCN(C(=O)c2ccccc2)CC1. The third kappa shape index (κ3) is 4.02. The van der Waals surface area contributed by atoms with E-state index in [4.69, 9.17) is 4.74 Å². The molecule has 2 aliphatic rings. The van der Waals surface area contributed by atoms with Crippen molar-refractivity contribution in [2.75, 3.05) is 33.3 Å². The summed E-state index contributed by atoms with van der Waals surface area (Å²) in [6, 6.07) is 9.26. The molecule has 6 heteroatoms. The van der Waals surface area contributed by atoms with Crippen LogP contribution in [0.25, 0.3) is 0 Å². The van der Waals surface area contributed by atoms with Crippen molar-refractivity contribution in [3.63, 3.8) is 0 Å². The first-order valence-electron chi connectivity index (χ1n) is 9.04. The van der Waals surface area contributed by atoms with Gasteiger partial charge < -0.3 is 19.9 Å². The van der Waals surface area contributed by atoms with Crippen LogP contribution in [0.4, 0.5) is 0 Å². The molecule has 0 aliphatic carbocycles. The first-order valence-corrected chi connectivity index (χ1v) is 9.04. The number of nitrogens with zero attached hydrogens (tertiary/aromatic N) is 2. The van der Waals surface area contributed by atoms with Gasteiger partial charge in [0, 0.05) is 38.3 Å². The van der Waals surface area contributed by atoms with Crippen LogP contribution in [0.2, 0.25) is 0 Å². The highest BCUT2D eigenvalue weighted by atomic mass is 16.5. The molecule has 25 heavy (non-hydrogen) atoms. The van der Waals surface area contributed by atoms with E-state index < -0.39 is 0 Å². The average molecular weight is 345 g/mol. The van der Waals surface area contributed by atoms with Gasteiger partial charge in [-0.3, -0.25) is 9.59 Å². The fraction of sp³-hybridized carbons (Fsp3) is 0.579. The third-order valence-electron chi connectivity index (χ3n) is 5.25. The van der Waals surface area contributed by atoms with Crippen molar-refractivity contribution in [1.29, 1.82) is 0 Å². The Bertz CT molecular complexity index is 599. The number of likely N-dealkylation sites (N-methyl/N-ethyl adjacent to an activating group) is 1. The van der Waals surface area contributed by atoms with Gasteiger partial charge in [-0.1, -0.05) is 18.2 Å². The molecule has 1 N–H and O–H groups in total. The van der Waals surface area contributed by atoms with Crippen molar-refractivity contribution < 1.29 is 14.3 Å². The van der Waals surface area contributed by atoms with Crippen LogP contribution in [0.5, 0.6) is 0 Å². The van der Waals surface area contributed by atoms with E-state index in [1.54, 1.807) is 0 Å². The number of likely N-dealkylation sites (tertiary alicyclic amines) is 1. The van der Waals surface area contributed by atoms with Gasteiger partial charge in [0.2, 0.25) is 5.91 Å². The van der Waals surface area contributed by atoms with Gasteiger partial charge in [0.15, 0.2) is 0 Å². The Morgan fingerprint density at radius 2 is 1.88 bits per heavy atom. The molecule has 1 aromatic carbocycles.